The van der Waals surface area contributed by atoms with Crippen LogP contribution in [0.2, 0.25) is 5.02 Å². The van der Waals surface area contributed by atoms with E-state index in [0.29, 0.717) is 31.1 Å². The molecule has 6 nitrogen and oxygen atoms in total. The van der Waals surface area contributed by atoms with Crippen molar-refractivity contribution in [2.24, 2.45) is 0 Å². The average Bonchev–Trinajstić information content (AvgIpc) is 3.03. The van der Waals surface area contributed by atoms with Gasteiger partial charge in [-0.1, -0.05) is 41.9 Å². The minimum atomic E-state index is -0.167. The van der Waals surface area contributed by atoms with Crippen molar-refractivity contribution in [2.45, 2.75) is 12.8 Å². The molecule has 0 spiro atoms. The van der Waals surface area contributed by atoms with Crippen LogP contribution in [0.3, 0.4) is 0 Å². The number of benzene rings is 2. The van der Waals surface area contributed by atoms with E-state index in [0.717, 1.165) is 30.0 Å². The number of halogens is 1. The number of nitrogens with zero attached hydrogens (tertiary/aromatic N) is 4. The molecule has 0 aliphatic carbocycles. The number of amides is 1. The molecule has 1 aromatic heterocycles. The van der Waals surface area contributed by atoms with Gasteiger partial charge >= 0.3 is 0 Å². The molecular formula is C23H23ClN4O2. The monoisotopic (exact) mass is 422 g/mol. The maximum absolute atomic E-state index is 12.7. The van der Waals surface area contributed by atoms with E-state index in [1.807, 2.05) is 59.5 Å². The molecule has 7 heteroatoms. The summed E-state index contributed by atoms with van der Waals surface area (Å²) in [7, 11) is 0. The molecule has 2 heterocycles. The molecule has 0 unspecified atom stereocenters. The second-order valence-corrected chi connectivity index (χ2v) is 7.74. The zero-order chi connectivity index (χ0) is 20.9. The van der Waals surface area contributed by atoms with Gasteiger partial charge < -0.3 is 9.80 Å². The highest BCUT2D eigenvalue weighted by molar-refractivity contribution is 6.30. The van der Waals surface area contributed by atoms with Crippen molar-refractivity contribution in [1.29, 1.82) is 0 Å². The standard InChI is InChI=1S/C23H23ClN4O2/c24-19-9-7-18(8-10-19)17-23(30)27-14-4-13-26(15-16-27)21-11-12-22(29)28(25-21)20-5-2-1-3-6-20/h1-3,5-12H,4,13-17H2. The molecule has 1 fully saturated rings. The predicted molar refractivity (Wildman–Crippen MR) is 118 cm³/mol. The smallest absolute Gasteiger partial charge is 0.271 e. The van der Waals surface area contributed by atoms with Gasteiger partial charge in [-0.2, -0.15) is 4.68 Å². The highest BCUT2D eigenvalue weighted by atomic mass is 35.5. The third-order valence-corrected chi connectivity index (χ3v) is 5.48. The van der Waals surface area contributed by atoms with Gasteiger partial charge in [0.1, 0.15) is 5.82 Å². The Morgan fingerprint density at radius 3 is 2.43 bits per heavy atom. The molecule has 30 heavy (non-hydrogen) atoms. The second kappa shape index (κ2) is 9.13. The third-order valence-electron chi connectivity index (χ3n) is 5.23. The Morgan fingerprint density at radius 1 is 0.900 bits per heavy atom. The zero-order valence-electron chi connectivity index (χ0n) is 16.6. The summed E-state index contributed by atoms with van der Waals surface area (Å²) in [5.41, 5.74) is 1.53. The SMILES string of the molecule is O=C(Cc1ccc(Cl)cc1)N1CCCN(c2ccc(=O)n(-c3ccccc3)n2)CC1. The number of carbonyl (C=O) groups excluding carboxylic acids is 1. The van der Waals surface area contributed by atoms with E-state index in [9.17, 15) is 9.59 Å². The molecule has 0 atom stereocenters. The average molecular weight is 423 g/mol. The first-order valence-electron chi connectivity index (χ1n) is 10.0. The number of hydrogen-bond donors (Lipinski definition) is 0. The van der Waals surface area contributed by atoms with E-state index in [4.69, 9.17) is 11.6 Å². The Balaban J connectivity index is 1.45. The van der Waals surface area contributed by atoms with Gasteiger partial charge in [-0.05, 0) is 42.3 Å². The van der Waals surface area contributed by atoms with Crippen molar-refractivity contribution in [3.8, 4) is 5.69 Å². The van der Waals surface area contributed by atoms with E-state index < -0.39 is 0 Å². The topological polar surface area (TPSA) is 58.4 Å². The summed E-state index contributed by atoms with van der Waals surface area (Å²) in [6.45, 7) is 2.79. The summed E-state index contributed by atoms with van der Waals surface area (Å²) in [6.07, 6.45) is 1.22. The van der Waals surface area contributed by atoms with Gasteiger partial charge in [0.25, 0.3) is 5.56 Å². The van der Waals surface area contributed by atoms with E-state index >= 15 is 0 Å². The molecule has 4 rings (SSSR count). The first-order valence-corrected chi connectivity index (χ1v) is 10.4. The van der Waals surface area contributed by atoms with Gasteiger partial charge in [0.15, 0.2) is 0 Å². The quantitative estimate of drug-likeness (QED) is 0.648. The van der Waals surface area contributed by atoms with Crippen LogP contribution < -0.4 is 10.5 Å². The summed E-state index contributed by atoms with van der Waals surface area (Å²) < 4.78 is 1.42. The van der Waals surface area contributed by atoms with Crippen LogP contribution in [0.1, 0.15) is 12.0 Å². The molecule has 1 saturated heterocycles. The summed E-state index contributed by atoms with van der Waals surface area (Å²) in [5.74, 6) is 0.854. The zero-order valence-corrected chi connectivity index (χ0v) is 17.3. The highest BCUT2D eigenvalue weighted by Crippen LogP contribution is 2.15. The van der Waals surface area contributed by atoms with Crippen molar-refractivity contribution < 1.29 is 4.79 Å². The van der Waals surface area contributed by atoms with Gasteiger partial charge in [0.05, 0.1) is 12.1 Å². The number of anilines is 1. The van der Waals surface area contributed by atoms with Gasteiger partial charge in [0.2, 0.25) is 5.91 Å². The fourth-order valence-electron chi connectivity index (χ4n) is 3.61. The van der Waals surface area contributed by atoms with Crippen LogP contribution >= 0.6 is 11.6 Å². The normalized spacial score (nSPS) is 14.4. The Labute approximate surface area is 180 Å². The number of carbonyl (C=O) groups is 1. The van der Waals surface area contributed by atoms with Crippen molar-refractivity contribution in [3.05, 3.63) is 87.7 Å². The number of para-hydroxylation sites is 1. The van der Waals surface area contributed by atoms with Gasteiger partial charge in [-0.15, -0.1) is 5.10 Å². The van der Waals surface area contributed by atoms with E-state index in [1.165, 1.54) is 4.68 Å². The van der Waals surface area contributed by atoms with Gasteiger partial charge in [0, 0.05) is 37.3 Å². The Bertz CT molecular complexity index is 1070. The minimum absolute atomic E-state index is 0.112. The molecule has 154 valence electrons. The molecule has 1 aliphatic rings. The van der Waals surface area contributed by atoms with Crippen LogP contribution in [0.15, 0.2) is 71.5 Å². The van der Waals surface area contributed by atoms with E-state index in [-0.39, 0.29) is 11.5 Å². The molecule has 0 saturated carbocycles. The first-order chi connectivity index (χ1) is 14.6. The lowest BCUT2D eigenvalue weighted by molar-refractivity contribution is -0.130. The van der Waals surface area contributed by atoms with Crippen LogP contribution in [0.4, 0.5) is 5.82 Å². The molecular weight excluding hydrogens is 400 g/mol. The Hall–Kier alpha value is -3.12. The van der Waals surface area contributed by atoms with E-state index in [2.05, 4.69) is 10.00 Å². The molecule has 1 aliphatic heterocycles. The summed E-state index contributed by atoms with van der Waals surface area (Å²) in [5, 5.41) is 5.24. The lowest BCUT2D eigenvalue weighted by atomic mass is 10.1. The summed E-state index contributed by atoms with van der Waals surface area (Å²) >= 11 is 5.92. The molecule has 0 N–H and O–H groups in total. The first kappa shape index (κ1) is 20.2. The lowest BCUT2D eigenvalue weighted by Gasteiger charge is -2.23. The van der Waals surface area contributed by atoms with Gasteiger partial charge in [-0.3, -0.25) is 9.59 Å². The van der Waals surface area contributed by atoms with Gasteiger partial charge in [-0.25, -0.2) is 0 Å². The number of rotatable bonds is 4. The van der Waals surface area contributed by atoms with Crippen molar-refractivity contribution >= 4 is 23.3 Å². The van der Waals surface area contributed by atoms with Crippen LogP contribution in [-0.4, -0.2) is 46.8 Å². The summed E-state index contributed by atoms with van der Waals surface area (Å²) in [4.78, 5) is 29.1. The third kappa shape index (κ3) is 4.71. The van der Waals surface area contributed by atoms with Crippen LogP contribution in [-0.2, 0) is 11.2 Å². The Morgan fingerprint density at radius 2 is 1.67 bits per heavy atom. The number of hydrogen-bond acceptors (Lipinski definition) is 4. The lowest BCUT2D eigenvalue weighted by Crippen LogP contribution is -2.36. The van der Waals surface area contributed by atoms with E-state index in [1.54, 1.807) is 12.1 Å². The van der Waals surface area contributed by atoms with Crippen LogP contribution in [0.25, 0.3) is 5.69 Å². The molecule has 0 bridgehead atoms. The maximum atomic E-state index is 12.7. The fraction of sp³-hybridized carbons (Fsp3) is 0.261. The van der Waals surface area contributed by atoms with Crippen molar-refractivity contribution in [1.82, 2.24) is 14.7 Å². The largest absolute Gasteiger partial charge is 0.353 e. The minimum Gasteiger partial charge on any atom is -0.353 e. The molecule has 3 aromatic rings. The predicted octanol–water partition coefficient (Wildman–Crippen LogP) is 3.17. The second-order valence-electron chi connectivity index (χ2n) is 7.30. The maximum Gasteiger partial charge on any atom is 0.271 e. The van der Waals surface area contributed by atoms with Crippen molar-refractivity contribution in [2.75, 3.05) is 31.1 Å². The van der Waals surface area contributed by atoms with Crippen LogP contribution in [0.5, 0.6) is 0 Å². The fourth-order valence-corrected chi connectivity index (χ4v) is 3.73. The molecule has 1 amide bonds. The van der Waals surface area contributed by atoms with Crippen LogP contribution in [0, 0.1) is 0 Å². The Kier molecular flexibility index (Phi) is 6.14. The van der Waals surface area contributed by atoms with Crippen molar-refractivity contribution in [3.63, 3.8) is 0 Å². The highest BCUT2D eigenvalue weighted by Gasteiger charge is 2.20. The summed E-state index contributed by atoms with van der Waals surface area (Å²) in [6, 6.07) is 20.1. The molecule has 2 aromatic carbocycles. The number of aromatic nitrogens is 2. The molecule has 0 radical (unpaired) electrons.